The number of sulfonamides is 1. The fraction of sp³-hybridized carbons (Fsp3) is 0.0667. The lowest BCUT2D eigenvalue weighted by Crippen LogP contribution is -2.15. The van der Waals surface area contributed by atoms with Gasteiger partial charge in [0.15, 0.2) is 0 Å². The number of nitro benzene ring substituents is 1. The summed E-state index contributed by atoms with van der Waals surface area (Å²) < 4.78 is 29.0. The summed E-state index contributed by atoms with van der Waals surface area (Å²) in [6.07, 6.45) is 2.91. The monoisotopic (exact) mass is 359 g/mol. The van der Waals surface area contributed by atoms with Gasteiger partial charge in [0.2, 0.25) is 0 Å². The van der Waals surface area contributed by atoms with Crippen LogP contribution in [0.4, 0.5) is 11.4 Å². The van der Waals surface area contributed by atoms with Crippen molar-refractivity contribution in [1.29, 1.82) is 0 Å². The van der Waals surface area contributed by atoms with E-state index >= 15 is 0 Å². The molecule has 0 aliphatic heterocycles. The van der Waals surface area contributed by atoms with Crippen molar-refractivity contribution in [2.24, 2.45) is 0 Å². The van der Waals surface area contributed by atoms with Crippen LogP contribution in [0.15, 0.2) is 60.0 Å². The summed E-state index contributed by atoms with van der Waals surface area (Å²) in [7, 11) is -3.96. The SMILES string of the molecule is Cc1c([N+](=O)[O-])cccc1S(=O)(=O)Nc1ccc(-n2cncn2)cc1. The van der Waals surface area contributed by atoms with Crippen molar-refractivity contribution in [2.75, 3.05) is 4.72 Å². The zero-order valence-electron chi connectivity index (χ0n) is 13.0. The van der Waals surface area contributed by atoms with E-state index in [2.05, 4.69) is 14.8 Å². The predicted molar refractivity (Wildman–Crippen MR) is 90.0 cm³/mol. The molecular weight excluding hydrogens is 346 g/mol. The van der Waals surface area contributed by atoms with E-state index in [1.54, 1.807) is 24.3 Å². The Morgan fingerprint density at radius 2 is 1.88 bits per heavy atom. The molecule has 0 aliphatic rings. The molecule has 3 rings (SSSR count). The van der Waals surface area contributed by atoms with Crippen LogP contribution in [-0.4, -0.2) is 28.1 Å². The summed E-state index contributed by atoms with van der Waals surface area (Å²) in [6, 6.07) is 10.4. The van der Waals surface area contributed by atoms with Gasteiger partial charge in [-0.3, -0.25) is 14.8 Å². The summed E-state index contributed by atoms with van der Waals surface area (Å²) in [5.74, 6) is 0. The van der Waals surface area contributed by atoms with Crippen LogP contribution in [0.1, 0.15) is 5.56 Å². The summed E-state index contributed by atoms with van der Waals surface area (Å²) in [5.41, 5.74) is 0.880. The van der Waals surface area contributed by atoms with Gasteiger partial charge in [-0.2, -0.15) is 5.10 Å². The Labute approximate surface area is 143 Å². The van der Waals surface area contributed by atoms with Gasteiger partial charge in [0.25, 0.3) is 15.7 Å². The van der Waals surface area contributed by atoms with Crippen molar-refractivity contribution in [1.82, 2.24) is 14.8 Å². The molecule has 0 radical (unpaired) electrons. The maximum atomic E-state index is 12.5. The fourth-order valence-electron chi connectivity index (χ4n) is 2.33. The molecule has 0 unspecified atom stereocenters. The molecule has 9 nitrogen and oxygen atoms in total. The number of hydrogen-bond acceptors (Lipinski definition) is 6. The first-order chi connectivity index (χ1) is 11.9. The number of nitrogens with zero attached hydrogens (tertiary/aromatic N) is 4. The second kappa shape index (κ2) is 6.32. The third-order valence-electron chi connectivity index (χ3n) is 3.54. The van der Waals surface area contributed by atoms with Crippen LogP contribution in [-0.2, 0) is 10.0 Å². The minimum absolute atomic E-state index is 0.0826. The number of benzene rings is 2. The Hall–Kier alpha value is -3.27. The molecule has 128 valence electrons. The number of rotatable bonds is 5. The van der Waals surface area contributed by atoms with Gasteiger partial charge in [0.05, 0.1) is 15.5 Å². The minimum atomic E-state index is -3.96. The zero-order chi connectivity index (χ0) is 18.0. The number of nitro groups is 1. The van der Waals surface area contributed by atoms with Crippen molar-refractivity contribution in [2.45, 2.75) is 11.8 Å². The van der Waals surface area contributed by atoms with Crippen LogP contribution in [0.2, 0.25) is 0 Å². The molecule has 2 aromatic carbocycles. The van der Waals surface area contributed by atoms with E-state index in [-0.39, 0.29) is 16.1 Å². The first-order valence-corrected chi connectivity index (χ1v) is 8.59. The quantitative estimate of drug-likeness (QED) is 0.551. The van der Waals surface area contributed by atoms with E-state index in [0.717, 1.165) is 0 Å². The third-order valence-corrected chi connectivity index (χ3v) is 5.07. The first kappa shape index (κ1) is 16.6. The van der Waals surface area contributed by atoms with Crippen molar-refractivity contribution in [3.05, 3.63) is 70.8 Å². The second-order valence-electron chi connectivity index (χ2n) is 5.15. The van der Waals surface area contributed by atoms with Crippen LogP contribution < -0.4 is 4.72 Å². The van der Waals surface area contributed by atoms with E-state index in [1.807, 2.05) is 0 Å². The topological polar surface area (TPSA) is 120 Å². The summed E-state index contributed by atoms with van der Waals surface area (Å²) >= 11 is 0. The highest BCUT2D eigenvalue weighted by molar-refractivity contribution is 7.92. The Bertz CT molecular complexity index is 1010. The Kier molecular flexibility index (Phi) is 4.19. The smallest absolute Gasteiger partial charge is 0.273 e. The molecule has 1 heterocycles. The van der Waals surface area contributed by atoms with E-state index in [9.17, 15) is 18.5 Å². The largest absolute Gasteiger partial charge is 0.280 e. The Morgan fingerprint density at radius 3 is 2.48 bits per heavy atom. The molecule has 0 atom stereocenters. The first-order valence-electron chi connectivity index (χ1n) is 7.10. The van der Waals surface area contributed by atoms with Gasteiger partial charge in [-0.15, -0.1) is 0 Å². The summed E-state index contributed by atoms with van der Waals surface area (Å²) in [6.45, 7) is 1.40. The summed E-state index contributed by atoms with van der Waals surface area (Å²) in [4.78, 5) is 14.1. The molecule has 1 aromatic heterocycles. The Balaban J connectivity index is 1.90. The minimum Gasteiger partial charge on any atom is -0.280 e. The van der Waals surface area contributed by atoms with Crippen LogP contribution in [0.3, 0.4) is 0 Å². The normalized spacial score (nSPS) is 11.2. The lowest BCUT2D eigenvalue weighted by molar-refractivity contribution is -0.385. The van der Waals surface area contributed by atoms with E-state index in [4.69, 9.17) is 0 Å². The molecule has 25 heavy (non-hydrogen) atoms. The predicted octanol–water partition coefficient (Wildman–Crippen LogP) is 2.28. The van der Waals surface area contributed by atoms with Gasteiger partial charge >= 0.3 is 0 Å². The maximum Gasteiger partial charge on any atom is 0.273 e. The molecule has 1 N–H and O–H groups in total. The molecule has 3 aromatic rings. The standard InChI is InChI=1S/C15H13N5O4S/c1-11-14(20(21)22)3-2-4-15(11)25(23,24)18-12-5-7-13(8-6-12)19-10-16-9-17-19/h2-10,18H,1H3. The number of hydrogen-bond donors (Lipinski definition) is 1. The highest BCUT2D eigenvalue weighted by Crippen LogP contribution is 2.26. The van der Waals surface area contributed by atoms with Crippen molar-refractivity contribution < 1.29 is 13.3 Å². The van der Waals surface area contributed by atoms with Crippen molar-refractivity contribution >= 4 is 21.4 Å². The van der Waals surface area contributed by atoms with E-state index < -0.39 is 14.9 Å². The fourth-order valence-corrected chi connectivity index (χ4v) is 3.65. The average Bonchev–Trinajstić information content (AvgIpc) is 3.09. The number of nitrogens with one attached hydrogen (secondary N) is 1. The van der Waals surface area contributed by atoms with Gasteiger partial charge in [-0.25, -0.2) is 18.1 Å². The molecule has 0 amide bonds. The van der Waals surface area contributed by atoms with Gasteiger partial charge in [0.1, 0.15) is 12.7 Å². The lowest BCUT2D eigenvalue weighted by Gasteiger charge is -2.11. The maximum absolute atomic E-state index is 12.5. The van der Waals surface area contributed by atoms with Gasteiger partial charge in [-0.1, -0.05) is 6.07 Å². The second-order valence-corrected chi connectivity index (χ2v) is 6.80. The molecule has 0 saturated carbocycles. The molecule has 0 spiro atoms. The van der Waals surface area contributed by atoms with Crippen LogP contribution in [0.25, 0.3) is 5.69 Å². The molecule has 0 saturated heterocycles. The zero-order valence-corrected chi connectivity index (χ0v) is 13.8. The van der Waals surface area contributed by atoms with E-state index in [0.29, 0.717) is 11.4 Å². The molecule has 0 aliphatic carbocycles. The van der Waals surface area contributed by atoms with Gasteiger partial charge < -0.3 is 0 Å². The van der Waals surface area contributed by atoms with Crippen LogP contribution in [0.5, 0.6) is 0 Å². The highest BCUT2D eigenvalue weighted by atomic mass is 32.2. The number of aromatic nitrogens is 3. The Morgan fingerprint density at radius 1 is 1.16 bits per heavy atom. The number of anilines is 1. The summed E-state index contributed by atoms with van der Waals surface area (Å²) in [5, 5.41) is 15.0. The molecule has 0 bridgehead atoms. The van der Waals surface area contributed by atoms with Crippen LogP contribution in [0, 0.1) is 17.0 Å². The molecular formula is C15H13N5O4S. The van der Waals surface area contributed by atoms with Gasteiger partial charge in [-0.05, 0) is 37.3 Å². The van der Waals surface area contributed by atoms with E-state index in [1.165, 1.54) is 42.5 Å². The third kappa shape index (κ3) is 3.33. The molecule has 10 heteroatoms. The van der Waals surface area contributed by atoms with Crippen molar-refractivity contribution in [3.63, 3.8) is 0 Å². The lowest BCUT2D eigenvalue weighted by atomic mass is 10.2. The average molecular weight is 359 g/mol. The highest BCUT2D eigenvalue weighted by Gasteiger charge is 2.22. The molecule has 0 fully saturated rings. The van der Waals surface area contributed by atoms with Crippen molar-refractivity contribution in [3.8, 4) is 5.69 Å². The van der Waals surface area contributed by atoms with Crippen LogP contribution >= 0.6 is 0 Å². The van der Waals surface area contributed by atoms with Gasteiger partial charge in [0, 0.05) is 17.3 Å².